The third-order valence-electron chi connectivity index (χ3n) is 3.17. The van der Waals surface area contributed by atoms with Crippen molar-refractivity contribution in [1.82, 2.24) is 0 Å². The van der Waals surface area contributed by atoms with Crippen LogP contribution in [-0.4, -0.2) is 19.9 Å². The lowest BCUT2D eigenvalue weighted by Crippen LogP contribution is -2.11. The number of carbonyl (C=O) groups excluding carboxylic acids is 1. The molecule has 2 aromatic carbocycles. The summed E-state index contributed by atoms with van der Waals surface area (Å²) in [5, 5.41) is 0. The molecule has 0 saturated carbocycles. The zero-order chi connectivity index (χ0) is 14.7. The molecule has 4 heteroatoms. The summed E-state index contributed by atoms with van der Waals surface area (Å²) >= 11 is 3.45. The molecule has 0 spiro atoms. The first-order chi connectivity index (χ1) is 9.54. The number of benzene rings is 2. The average molecular weight is 334 g/mol. The van der Waals surface area contributed by atoms with E-state index >= 15 is 0 Å². The molecule has 0 aliphatic rings. The quantitative estimate of drug-likeness (QED) is 0.775. The van der Waals surface area contributed by atoms with Gasteiger partial charge in [0.05, 0.1) is 12.8 Å². The summed E-state index contributed by atoms with van der Waals surface area (Å²) in [5.74, 6) is 0.852. The van der Waals surface area contributed by atoms with Crippen molar-refractivity contribution in [2.75, 3.05) is 19.1 Å². The van der Waals surface area contributed by atoms with Crippen LogP contribution in [-0.2, 0) is 0 Å². The normalized spacial score (nSPS) is 10.2. The third-order valence-corrected chi connectivity index (χ3v) is 3.82. The Morgan fingerprint density at radius 1 is 1.20 bits per heavy atom. The standard InChI is InChI=1S/C16H16BrNO2/c1-11(19)13-9-8-12(10-14(13)17)18(2)15-6-4-5-7-16(15)20-3/h4-10H,1-3H3. The number of Topliss-reactive ketones (excluding diaryl/α,β-unsaturated/α-hetero) is 1. The number of nitrogens with zero attached hydrogens (tertiary/aromatic N) is 1. The smallest absolute Gasteiger partial charge is 0.160 e. The van der Waals surface area contributed by atoms with E-state index in [1.165, 1.54) is 0 Å². The van der Waals surface area contributed by atoms with Gasteiger partial charge in [0.2, 0.25) is 0 Å². The maximum atomic E-state index is 11.5. The minimum Gasteiger partial charge on any atom is -0.495 e. The minimum absolute atomic E-state index is 0.0448. The molecule has 20 heavy (non-hydrogen) atoms. The van der Waals surface area contributed by atoms with Crippen LogP contribution >= 0.6 is 15.9 Å². The molecule has 0 atom stereocenters. The molecule has 0 bridgehead atoms. The van der Waals surface area contributed by atoms with E-state index in [4.69, 9.17) is 4.74 Å². The second kappa shape index (κ2) is 6.09. The van der Waals surface area contributed by atoms with E-state index in [1.54, 1.807) is 14.0 Å². The van der Waals surface area contributed by atoms with Gasteiger partial charge in [-0.25, -0.2) is 0 Å². The molecule has 104 valence electrons. The lowest BCUT2D eigenvalue weighted by Gasteiger charge is -2.22. The van der Waals surface area contributed by atoms with Crippen LogP contribution < -0.4 is 9.64 Å². The lowest BCUT2D eigenvalue weighted by atomic mass is 10.1. The number of hydrogen-bond acceptors (Lipinski definition) is 3. The topological polar surface area (TPSA) is 29.5 Å². The number of methoxy groups -OCH3 is 1. The minimum atomic E-state index is 0.0448. The van der Waals surface area contributed by atoms with Gasteiger partial charge in [0.25, 0.3) is 0 Å². The van der Waals surface area contributed by atoms with Crippen molar-refractivity contribution < 1.29 is 9.53 Å². The molecule has 2 rings (SSSR count). The van der Waals surface area contributed by atoms with E-state index in [9.17, 15) is 4.79 Å². The molecule has 0 fully saturated rings. The Morgan fingerprint density at radius 3 is 2.50 bits per heavy atom. The van der Waals surface area contributed by atoms with Crippen molar-refractivity contribution in [1.29, 1.82) is 0 Å². The maximum absolute atomic E-state index is 11.5. The number of ketones is 1. The molecule has 0 unspecified atom stereocenters. The van der Waals surface area contributed by atoms with Crippen LogP contribution in [0.2, 0.25) is 0 Å². The molecule has 0 aliphatic carbocycles. The summed E-state index contributed by atoms with van der Waals surface area (Å²) in [6.45, 7) is 1.56. The van der Waals surface area contributed by atoms with E-state index in [0.29, 0.717) is 5.56 Å². The van der Waals surface area contributed by atoms with Crippen LogP contribution in [0.3, 0.4) is 0 Å². The predicted octanol–water partition coefficient (Wildman–Crippen LogP) is 4.43. The van der Waals surface area contributed by atoms with Crippen molar-refractivity contribution in [3.05, 3.63) is 52.5 Å². The van der Waals surface area contributed by atoms with Crippen molar-refractivity contribution in [3.8, 4) is 5.75 Å². The van der Waals surface area contributed by atoms with Crippen LogP contribution in [0.1, 0.15) is 17.3 Å². The summed E-state index contributed by atoms with van der Waals surface area (Å²) in [5.41, 5.74) is 2.63. The van der Waals surface area contributed by atoms with Crippen LogP contribution in [0.4, 0.5) is 11.4 Å². The Kier molecular flexibility index (Phi) is 4.45. The van der Waals surface area contributed by atoms with Crippen molar-refractivity contribution in [2.45, 2.75) is 6.92 Å². The highest BCUT2D eigenvalue weighted by atomic mass is 79.9. The molecular weight excluding hydrogens is 318 g/mol. The highest BCUT2D eigenvalue weighted by molar-refractivity contribution is 9.10. The van der Waals surface area contributed by atoms with Gasteiger partial charge in [0, 0.05) is 22.8 Å². The summed E-state index contributed by atoms with van der Waals surface area (Å²) < 4.78 is 6.17. The van der Waals surface area contributed by atoms with E-state index in [-0.39, 0.29) is 5.78 Å². The molecular formula is C16H16BrNO2. The molecule has 0 amide bonds. The SMILES string of the molecule is COc1ccccc1N(C)c1ccc(C(C)=O)c(Br)c1. The second-order valence-electron chi connectivity index (χ2n) is 4.45. The van der Waals surface area contributed by atoms with Crippen LogP contribution in [0.25, 0.3) is 0 Å². The Morgan fingerprint density at radius 2 is 1.90 bits per heavy atom. The summed E-state index contributed by atoms with van der Waals surface area (Å²) in [6, 6.07) is 13.5. The average Bonchev–Trinajstić information content (AvgIpc) is 2.45. The Bertz CT molecular complexity index is 640. The van der Waals surface area contributed by atoms with Gasteiger partial charge in [-0.05, 0) is 53.2 Å². The number of anilines is 2. The lowest BCUT2D eigenvalue weighted by molar-refractivity contribution is 0.101. The zero-order valence-electron chi connectivity index (χ0n) is 11.7. The molecule has 0 heterocycles. The highest BCUT2D eigenvalue weighted by Crippen LogP contribution is 2.34. The Labute approximate surface area is 127 Å². The molecule has 0 radical (unpaired) electrons. The fourth-order valence-electron chi connectivity index (χ4n) is 2.04. The van der Waals surface area contributed by atoms with Gasteiger partial charge in [-0.2, -0.15) is 0 Å². The first-order valence-corrected chi connectivity index (χ1v) is 7.01. The van der Waals surface area contributed by atoms with Crippen molar-refractivity contribution in [3.63, 3.8) is 0 Å². The first-order valence-electron chi connectivity index (χ1n) is 6.22. The monoisotopic (exact) mass is 333 g/mol. The third kappa shape index (κ3) is 2.85. The first kappa shape index (κ1) is 14.6. The van der Waals surface area contributed by atoms with Gasteiger partial charge < -0.3 is 9.64 Å². The zero-order valence-corrected chi connectivity index (χ0v) is 13.3. The number of halogens is 1. The predicted molar refractivity (Wildman–Crippen MR) is 85.2 cm³/mol. The Hall–Kier alpha value is -1.81. The Balaban J connectivity index is 2.41. The fraction of sp³-hybridized carbons (Fsp3) is 0.188. The number of carbonyl (C=O) groups is 1. The molecule has 0 N–H and O–H groups in total. The van der Waals surface area contributed by atoms with Crippen LogP contribution in [0, 0.1) is 0 Å². The second-order valence-corrected chi connectivity index (χ2v) is 5.31. The fourth-order valence-corrected chi connectivity index (χ4v) is 2.69. The van der Waals surface area contributed by atoms with E-state index in [2.05, 4.69) is 15.9 Å². The van der Waals surface area contributed by atoms with Crippen molar-refractivity contribution in [2.24, 2.45) is 0 Å². The molecule has 0 aliphatic heterocycles. The van der Waals surface area contributed by atoms with E-state index in [0.717, 1.165) is 21.6 Å². The maximum Gasteiger partial charge on any atom is 0.160 e. The number of para-hydroxylation sites is 2. The van der Waals surface area contributed by atoms with Gasteiger partial charge >= 0.3 is 0 Å². The van der Waals surface area contributed by atoms with Crippen LogP contribution in [0.15, 0.2) is 46.9 Å². The van der Waals surface area contributed by atoms with E-state index < -0.39 is 0 Å². The van der Waals surface area contributed by atoms with Gasteiger partial charge in [-0.15, -0.1) is 0 Å². The molecule has 0 aromatic heterocycles. The largest absolute Gasteiger partial charge is 0.495 e. The number of hydrogen-bond donors (Lipinski definition) is 0. The summed E-state index contributed by atoms with van der Waals surface area (Å²) in [7, 11) is 3.62. The molecule has 2 aromatic rings. The van der Waals surface area contributed by atoms with Crippen molar-refractivity contribution >= 4 is 33.1 Å². The number of rotatable bonds is 4. The van der Waals surface area contributed by atoms with Gasteiger partial charge in [0.15, 0.2) is 5.78 Å². The van der Waals surface area contributed by atoms with Gasteiger partial charge in [-0.1, -0.05) is 12.1 Å². The van der Waals surface area contributed by atoms with Gasteiger partial charge in [-0.3, -0.25) is 4.79 Å². The van der Waals surface area contributed by atoms with E-state index in [1.807, 2.05) is 54.4 Å². The molecule has 3 nitrogen and oxygen atoms in total. The van der Waals surface area contributed by atoms with Gasteiger partial charge in [0.1, 0.15) is 5.75 Å². The number of ether oxygens (including phenoxy) is 1. The molecule has 0 saturated heterocycles. The summed E-state index contributed by atoms with van der Waals surface area (Å²) in [4.78, 5) is 13.5. The summed E-state index contributed by atoms with van der Waals surface area (Å²) in [6.07, 6.45) is 0. The highest BCUT2D eigenvalue weighted by Gasteiger charge is 2.12. The van der Waals surface area contributed by atoms with Crippen LogP contribution in [0.5, 0.6) is 5.75 Å².